The minimum Gasteiger partial charge on any atom is -0.370 e. The molecule has 1 aliphatic rings. The quantitative estimate of drug-likeness (QED) is 0.329. The second-order valence-corrected chi connectivity index (χ2v) is 11.0. The van der Waals surface area contributed by atoms with Gasteiger partial charge in [-0.1, -0.05) is 40.9 Å². The summed E-state index contributed by atoms with van der Waals surface area (Å²) in [6, 6.07) is 11.8. The van der Waals surface area contributed by atoms with Gasteiger partial charge in [0.25, 0.3) is 5.56 Å². The van der Waals surface area contributed by atoms with Gasteiger partial charge in [-0.3, -0.25) is 9.36 Å². The number of benzene rings is 2. The molecule has 4 aromatic rings. The van der Waals surface area contributed by atoms with Crippen LogP contribution in [0.5, 0.6) is 0 Å². The Morgan fingerprint density at radius 3 is 2.42 bits per heavy atom. The van der Waals surface area contributed by atoms with Crippen LogP contribution < -0.4 is 11.2 Å². The van der Waals surface area contributed by atoms with Crippen LogP contribution >= 0.6 is 46.1 Å². The molecule has 2 aromatic heterocycles. The first-order valence-electron chi connectivity index (χ1n) is 10.3. The molecule has 9 heteroatoms. The van der Waals surface area contributed by atoms with Crippen molar-refractivity contribution in [1.82, 2.24) is 9.13 Å². The zero-order valence-electron chi connectivity index (χ0n) is 17.8. The van der Waals surface area contributed by atoms with Crippen LogP contribution in [-0.2, 0) is 24.3 Å². The third kappa shape index (κ3) is 4.04. The van der Waals surface area contributed by atoms with Crippen LogP contribution in [0.1, 0.15) is 29.9 Å². The summed E-state index contributed by atoms with van der Waals surface area (Å²) < 4.78 is 8.79. The van der Waals surface area contributed by atoms with Gasteiger partial charge >= 0.3 is 5.69 Å². The molecule has 0 aliphatic carbocycles. The number of halogens is 3. The topological polar surface area (TPSA) is 53.2 Å². The third-order valence-electron chi connectivity index (χ3n) is 5.78. The smallest absolute Gasteiger partial charge is 0.337 e. The predicted octanol–water partition coefficient (Wildman–Crippen LogP) is 6.07. The molecule has 5 rings (SSSR count). The van der Waals surface area contributed by atoms with Crippen molar-refractivity contribution >= 4 is 56.4 Å². The zero-order chi connectivity index (χ0) is 23.5. The van der Waals surface area contributed by atoms with E-state index >= 15 is 0 Å². The van der Waals surface area contributed by atoms with E-state index in [0.29, 0.717) is 44.0 Å². The fraction of sp³-hybridized carbons (Fsp3) is 0.250. The van der Waals surface area contributed by atoms with Crippen LogP contribution in [0.15, 0.2) is 52.1 Å². The maximum atomic E-state index is 13.7. The highest BCUT2D eigenvalue weighted by atomic mass is 35.5. The van der Waals surface area contributed by atoms with Crippen molar-refractivity contribution in [3.05, 3.63) is 94.4 Å². The van der Waals surface area contributed by atoms with Crippen LogP contribution in [0.3, 0.4) is 0 Å². The Bertz CT molecular complexity index is 1520. The molecule has 0 atom stereocenters. The van der Waals surface area contributed by atoms with Crippen molar-refractivity contribution < 1.29 is 4.74 Å². The SMILES string of the molecule is CC1(C)Cc2c(sc3c2c(=O)n(-c2ccc(Cl)cc2)c(=O)n3Cc2ccc(Cl)cc2Cl)CO1. The summed E-state index contributed by atoms with van der Waals surface area (Å²) in [5, 5.41) is 2.04. The van der Waals surface area contributed by atoms with Crippen LogP contribution in [-0.4, -0.2) is 14.7 Å². The summed E-state index contributed by atoms with van der Waals surface area (Å²) in [6.07, 6.45) is 0.581. The van der Waals surface area contributed by atoms with E-state index in [9.17, 15) is 9.59 Å². The minimum absolute atomic E-state index is 0.197. The maximum Gasteiger partial charge on any atom is 0.337 e. The summed E-state index contributed by atoms with van der Waals surface area (Å²) >= 11 is 20.0. The van der Waals surface area contributed by atoms with E-state index in [2.05, 4.69) is 0 Å². The Balaban J connectivity index is 1.83. The van der Waals surface area contributed by atoms with Gasteiger partial charge in [-0.25, -0.2) is 9.36 Å². The molecule has 2 aromatic carbocycles. The highest BCUT2D eigenvalue weighted by molar-refractivity contribution is 7.18. The first kappa shape index (κ1) is 22.7. The molecule has 3 heterocycles. The van der Waals surface area contributed by atoms with Crippen molar-refractivity contribution in [3.63, 3.8) is 0 Å². The average molecular weight is 522 g/mol. The van der Waals surface area contributed by atoms with Gasteiger partial charge in [-0.15, -0.1) is 11.3 Å². The number of hydrogen-bond donors (Lipinski definition) is 0. The lowest BCUT2D eigenvalue weighted by Gasteiger charge is -2.29. The fourth-order valence-electron chi connectivity index (χ4n) is 4.13. The summed E-state index contributed by atoms with van der Waals surface area (Å²) in [6.45, 7) is 4.60. The number of rotatable bonds is 3. The average Bonchev–Trinajstić information content (AvgIpc) is 3.11. The van der Waals surface area contributed by atoms with Gasteiger partial charge in [0.05, 0.1) is 29.8 Å². The van der Waals surface area contributed by atoms with E-state index < -0.39 is 11.3 Å². The molecule has 0 fully saturated rings. The Hall–Kier alpha value is -2.09. The van der Waals surface area contributed by atoms with Crippen molar-refractivity contribution in [1.29, 1.82) is 0 Å². The van der Waals surface area contributed by atoms with Gasteiger partial charge < -0.3 is 4.74 Å². The molecule has 170 valence electrons. The van der Waals surface area contributed by atoms with E-state index in [-0.39, 0.29) is 12.1 Å². The van der Waals surface area contributed by atoms with Crippen molar-refractivity contribution in [3.8, 4) is 5.69 Å². The first-order valence-corrected chi connectivity index (χ1v) is 12.2. The van der Waals surface area contributed by atoms with Crippen LogP contribution in [0.25, 0.3) is 15.9 Å². The molecule has 0 saturated carbocycles. The number of ether oxygens (including phenoxy) is 1. The van der Waals surface area contributed by atoms with E-state index in [1.165, 1.54) is 15.9 Å². The molecule has 0 N–H and O–H groups in total. The van der Waals surface area contributed by atoms with Gasteiger partial charge in [0.2, 0.25) is 0 Å². The van der Waals surface area contributed by atoms with Crippen molar-refractivity contribution in [2.45, 2.75) is 39.0 Å². The van der Waals surface area contributed by atoms with Crippen LogP contribution in [0.4, 0.5) is 0 Å². The predicted molar refractivity (Wildman–Crippen MR) is 135 cm³/mol. The molecule has 0 spiro atoms. The number of nitrogens with zero attached hydrogens (tertiary/aromatic N) is 2. The van der Waals surface area contributed by atoms with Crippen molar-refractivity contribution in [2.75, 3.05) is 0 Å². The van der Waals surface area contributed by atoms with Gasteiger partial charge in [0.15, 0.2) is 0 Å². The highest BCUT2D eigenvalue weighted by Gasteiger charge is 2.32. The molecule has 1 aliphatic heterocycles. The maximum absolute atomic E-state index is 13.7. The zero-order valence-corrected chi connectivity index (χ0v) is 20.9. The Kier molecular flexibility index (Phi) is 5.70. The summed E-state index contributed by atoms with van der Waals surface area (Å²) in [7, 11) is 0. The minimum atomic E-state index is -0.445. The van der Waals surface area contributed by atoms with Gasteiger partial charge in [0, 0.05) is 26.4 Å². The lowest BCUT2D eigenvalue weighted by atomic mass is 9.94. The molecule has 0 bridgehead atoms. The Labute approximate surface area is 208 Å². The summed E-state index contributed by atoms with van der Waals surface area (Å²) in [5.74, 6) is 0. The monoisotopic (exact) mass is 520 g/mol. The molecule has 0 unspecified atom stereocenters. The number of aromatic nitrogens is 2. The second kappa shape index (κ2) is 8.29. The summed E-state index contributed by atoms with van der Waals surface area (Å²) in [4.78, 5) is 29.0. The lowest BCUT2D eigenvalue weighted by Crippen LogP contribution is -2.39. The molecular weight excluding hydrogens is 503 g/mol. The third-order valence-corrected chi connectivity index (χ3v) is 7.85. The largest absolute Gasteiger partial charge is 0.370 e. The van der Waals surface area contributed by atoms with Gasteiger partial charge in [0.1, 0.15) is 4.83 Å². The molecule has 0 saturated heterocycles. The van der Waals surface area contributed by atoms with E-state index in [4.69, 9.17) is 39.5 Å². The molecule has 33 heavy (non-hydrogen) atoms. The first-order chi connectivity index (χ1) is 15.6. The summed E-state index contributed by atoms with van der Waals surface area (Å²) in [5.41, 5.74) is 0.937. The number of hydrogen-bond acceptors (Lipinski definition) is 4. The molecule has 0 radical (unpaired) electrons. The standard InChI is InChI=1S/C24H19Cl3N2O3S/c1-24(2)10-17-19(12-32-24)33-22-20(17)21(30)29(16-7-5-14(25)6-8-16)23(31)28(22)11-13-3-4-15(26)9-18(13)27/h3-9H,10-12H2,1-2H3. The van der Waals surface area contributed by atoms with Gasteiger partial charge in [-0.05, 0) is 61.4 Å². The molecule has 0 amide bonds. The van der Waals surface area contributed by atoms with Crippen LogP contribution in [0, 0.1) is 0 Å². The Morgan fingerprint density at radius 1 is 1.03 bits per heavy atom. The molecule has 5 nitrogen and oxygen atoms in total. The van der Waals surface area contributed by atoms with E-state index in [0.717, 1.165) is 16.0 Å². The van der Waals surface area contributed by atoms with Crippen LogP contribution in [0.2, 0.25) is 15.1 Å². The fourth-order valence-corrected chi connectivity index (χ4v) is 5.94. The van der Waals surface area contributed by atoms with Crippen molar-refractivity contribution in [2.24, 2.45) is 0 Å². The second-order valence-electron chi connectivity index (χ2n) is 8.63. The van der Waals surface area contributed by atoms with E-state index in [1.807, 2.05) is 13.8 Å². The molecular formula is C24H19Cl3N2O3S. The number of fused-ring (bicyclic) bond motifs is 3. The Morgan fingerprint density at radius 2 is 1.73 bits per heavy atom. The lowest BCUT2D eigenvalue weighted by molar-refractivity contribution is -0.0379. The van der Waals surface area contributed by atoms with E-state index in [1.54, 1.807) is 47.0 Å². The van der Waals surface area contributed by atoms with Gasteiger partial charge in [-0.2, -0.15) is 0 Å². The normalized spacial score (nSPS) is 15.1. The highest BCUT2D eigenvalue weighted by Crippen LogP contribution is 2.37. The number of thiophene rings is 1.